The van der Waals surface area contributed by atoms with Gasteiger partial charge in [-0.25, -0.2) is 13.2 Å². The molecule has 0 aliphatic carbocycles. The molecular formula is C26H27N3O3S. The molecule has 0 saturated carbocycles. The lowest BCUT2D eigenvalue weighted by atomic mass is 9.94. The molecule has 3 aromatic rings. The Labute approximate surface area is 194 Å². The van der Waals surface area contributed by atoms with Crippen LogP contribution >= 0.6 is 0 Å². The van der Waals surface area contributed by atoms with Crippen LogP contribution in [-0.2, 0) is 35.1 Å². The van der Waals surface area contributed by atoms with Gasteiger partial charge in [0.05, 0.1) is 16.7 Å². The summed E-state index contributed by atoms with van der Waals surface area (Å²) >= 11 is 0. The van der Waals surface area contributed by atoms with Crippen molar-refractivity contribution in [3.05, 3.63) is 94.5 Å². The normalized spacial score (nSPS) is 17.4. The molecule has 6 nitrogen and oxygen atoms in total. The average molecular weight is 462 g/mol. The maximum absolute atomic E-state index is 12.9. The summed E-state index contributed by atoms with van der Waals surface area (Å²) in [5, 5.41) is 6.19. The van der Waals surface area contributed by atoms with E-state index in [4.69, 9.17) is 0 Å². The van der Waals surface area contributed by atoms with Crippen molar-refractivity contribution in [1.82, 2.24) is 10.2 Å². The summed E-state index contributed by atoms with van der Waals surface area (Å²) in [5.74, 6) is -0.0450. The van der Waals surface area contributed by atoms with Gasteiger partial charge in [-0.2, -0.15) is 0 Å². The molecule has 7 heteroatoms. The Morgan fingerprint density at radius 2 is 1.76 bits per heavy atom. The molecule has 170 valence electrons. The summed E-state index contributed by atoms with van der Waals surface area (Å²) in [5.41, 5.74) is 6.20. The number of benzene rings is 3. The van der Waals surface area contributed by atoms with Crippen molar-refractivity contribution in [2.45, 2.75) is 43.1 Å². The van der Waals surface area contributed by atoms with E-state index in [1.165, 1.54) is 16.7 Å². The van der Waals surface area contributed by atoms with Crippen LogP contribution in [0.5, 0.6) is 0 Å². The Hall–Kier alpha value is -3.16. The van der Waals surface area contributed by atoms with Crippen LogP contribution in [0.2, 0.25) is 0 Å². The summed E-state index contributed by atoms with van der Waals surface area (Å²) in [6, 6.07) is 20.3. The first-order chi connectivity index (χ1) is 15.9. The second-order valence-electron chi connectivity index (χ2n) is 8.74. The molecule has 0 bridgehead atoms. The summed E-state index contributed by atoms with van der Waals surface area (Å²) < 4.78 is 25.9. The van der Waals surface area contributed by atoms with Gasteiger partial charge >= 0.3 is 6.03 Å². The highest BCUT2D eigenvalue weighted by Crippen LogP contribution is 2.30. The van der Waals surface area contributed by atoms with Crippen LogP contribution in [0.3, 0.4) is 0 Å². The van der Waals surface area contributed by atoms with Gasteiger partial charge in [-0.3, -0.25) is 0 Å². The third-order valence-corrected chi connectivity index (χ3v) is 8.28. The number of anilines is 1. The average Bonchev–Trinajstić information content (AvgIpc) is 3.27. The molecule has 2 N–H and O–H groups in total. The van der Waals surface area contributed by atoms with Crippen molar-refractivity contribution in [3.63, 3.8) is 0 Å². The molecule has 2 heterocycles. The molecule has 0 radical (unpaired) electrons. The molecule has 3 aromatic carbocycles. The predicted octanol–water partition coefficient (Wildman–Crippen LogP) is 4.41. The summed E-state index contributed by atoms with van der Waals surface area (Å²) in [7, 11) is -3.48. The Morgan fingerprint density at radius 1 is 1.00 bits per heavy atom. The molecule has 0 fully saturated rings. The molecule has 33 heavy (non-hydrogen) atoms. The molecule has 1 unspecified atom stereocenters. The number of hydrogen-bond donors (Lipinski definition) is 2. The SMILES string of the molecule is CC1c2ccccc2CCN1C(=O)Nc1ccc(S(=O)(=O)Cc2ccc3c(c2)CNC3)cc1. The number of sulfone groups is 1. The van der Waals surface area contributed by atoms with Crippen LogP contribution < -0.4 is 10.6 Å². The minimum Gasteiger partial charge on any atom is -0.317 e. The predicted molar refractivity (Wildman–Crippen MR) is 129 cm³/mol. The zero-order valence-corrected chi connectivity index (χ0v) is 19.4. The number of urea groups is 1. The monoisotopic (exact) mass is 461 g/mol. The molecule has 2 aliphatic heterocycles. The Kier molecular flexibility index (Phi) is 5.68. The molecule has 5 rings (SSSR count). The van der Waals surface area contributed by atoms with Gasteiger partial charge in [0.15, 0.2) is 9.84 Å². The van der Waals surface area contributed by atoms with Crippen LogP contribution in [0.4, 0.5) is 10.5 Å². The number of nitrogens with zero attached hydrogens (tertiary/aromatic N) is 1. The first-order valence-electron chi connectivity index (χ1n) is 11.2. The van der Waals surface area contributed by atoms with Crippen LogP contribution in [-0.4, -0.2) is 25.9 Å². The standard InChI is InChI=1S/C26H27N3O3S/c1-18-25-5-3-2-4-20(25)12-13-29(18)26(30)28-23-8-10-24(11-9-23)33(31,32)17-19-6-7-21-15-27-16-22(21)14-19/h2-11,14,18,27H,12-13,15-17H2,1H3,(H,28,30). The molecule has 0 aromatic heterocycles. The van der Waals surface area contributed by atoms with Crippen molar-refractivity contribution >= 4 is 21.6 Å². The summed E-state index contributed by atoms with van der Waals surface area (Å²) in [6.07, 6.45) is 0.823. The third-order valence-electron chi connectivity index (χ3n) is 6.58. The number of carbonyl (C=O) groups excluding carboxylic acids is 1. The van der Waals surface area contributed by atoms with Gasteiger partial charge in [0.1, 0.15) is 0 Å². The van der Waals surface area contributed by atoms with E-state index in [-0.39, 0.29) is 22.7 Å². The van der Waals surface area contributed by atoms with Crippen molar-refractivity contribution in [3.8, 4) is 0 Å². The highest BCUT2D eigenvalue weighted by atomic mass is 32.2. The summed E-state index contributed by atoms with van der Waals surface area (Å²) in [4.78, 5) is 15.0. The number of hydrogen-bond acceptors (Lipinski definition) is 4. The van der Waals surface area contributed by atoms with E-state index in [9.17, 15) is 13.2 Å². The second kappa shape index (κ2) is 8.65. The molecule has 2 aliphatic rings. The van der Waals surface area contributed by atoms with E-state index in [2.05, 4.69) is 22.8 Å². The second-order valence-corrected chi connectivity index (χ2v) is 10.7. The summed E-state index contributed by atoms with van der Waals surface area (Å²) in [6.45, 7) is 4.28. The molecule has 0 saturated heterocycles. The van der Waals surface area contributed by atoms with Crippen molar-refractivity contribution in [1.29, 1.82) is 0 Å². The Bertz CT molecular complexity index is 1300. The van der Waals surface area contributed by atoms with E-state index in [1.807, 2.05) is 42.2 Å². The smallest absolute Gasteiger partial charge is 0.317 e. The van der Waals surface area contributed by atoms with E-state index in [0.717, 1.165) is 30.6 Å². The number of nitrogens with one attached hydrogen (secondary N) is 2. The topological polar surface area (TPSA) is 78.5 Å². The van der Waals surface area contributed by atoms with Crippen molar-refractivity contribution in [2.75, 3.05) is 11.9 Å². The first kappa shape index (κ1) is 21.7. The van der Waals surface area contributed by atoms with Crippen LogP contribution in [0, 0.1) is 0 Å². The van der Waals surface area contributed by atoms with Gasteiger partial charge < -0.3 is 15.5 Å². The Balaban J connectivity index is 1.26. The van der Waals surface area contributed by atoms with E-state index in [0.29, 0.717) is 12.2 Å². The van der Waals surface area contributed by atoms with Gasteiger partial charge in [-0.1, -0.05) is 42.5 Å². The zero-order valence-electron chi connectivity index (χ0n) is 18.5. The highest BCUT2D eigenvalue weighted by Gasteiger charge is 2.27. The van der Waals surface area contributed by atoms with E-state index < -0.39 is 9.84 Å². The van der Waals surface area contributed by atoms with Crippen molar-refractivity contribution < 1.29 is 13.2 Å². The zero-order chi connectivity index (χ0) is 23.0. The molecule has 1 atom stereocenters. The Morgan fingerprint density at radius 3 is 2.58 bits per heavy atom. The van der Waals surface area contributed by atoms with Crippen LogP contribution in [0.25, 0.3) is 0 Å². The number of amides is 2. The fraction of sp³-hybridized carbons (Fsp3) is 0.269. The maximum atomic E-state index is 12.9. The van der Waals surface area contributed by atoms with Gasteiger partial charge in [0.25, 0.3) is 0 Å². The largest absolute Gasteiger partial charge is 0.322 e. The number of fused-ring (bicyclic) bond motifs is 2. The lowest BCUT2D eigenvalue weighted by Crippen LogP contribution is -2.41. The maximum Gasteiger partial charge on any atom is 0.322 e. The van der Waals surface area contributed by atoms with Crippen molar-refractivity contribution in [2.24, 2.45) is 0 Å². The van der Waals surface area contributed by atoms with Gasteiger partial charge in [-0.05, 0) is 65.4 Å². The third kappa shape index (κ3) is 4.38. The van der Waals surface area contributed by atoms with Gasteiger partial charge in [0, 0.05) is 25.3 Å². The van der Waals surface area contributed by atoms with Crippen LogP contribution in [0.1, 0.15) is 40.8 Å². The van der Waals surface area contributed by atoms with Gasteiger partial charge in [-0.15, -0.1) is 0 Å². The van der Waals surface area contributed by atoms with Crippen LogP contribution in [0.15, 0.2) is 71.6 Å². The minimum atomic E-state index is -3.48. The van der Waals surface area contributed by atoms with E-state index >= 15 is 0 Å². The molecule has 0 spiro atoms. The molecule has 2 amide bonds. The quantitative estimate of drug-likeness (QED) is 0.603. The van der Waals surface area contributed by atoms with Gasteiger partial charge in [0.2, 0.25) is 0 Å². The number of rotatable bonds is 4. The fourth-order valence-electron chi connectivity index (χ4n) is 4.73. The molecular weight excluding hydrogens is 434 g/mol. The van der Waals surface area contributed by atoms with E-state index in [1.54, 1.807) is 24.3 Å². The highest BCUT2D eigenvalue weighted by molar-refractivity contribution is 7.90. The fourth-order valence-corrected chi connectivity index (χ4v) is 6.07. The lowest BCUT2D eigenvalue weighted by molar-refractivity contribution is 0.188. The number of carbonyl (C=O) groups is 1. The first-order valence-corrected chi connectivity index (χ1v) is 12.9. The lowest BCUT2D eigenvalue weighted by Gasteiger charge is -2.35. The minimum absolute atomic E-state index is 0.0166.